The molecule has 1 heterocycles. The molecule has 2 rings (SSSR count). The summed E-state index contributed by atoms with van der Waals surface area (Å²) in [5, 5.41) is 8.31. The molecular formula is C13H22N4O2S. The van der Waals surface area contributed by atoms with Crippen molar-refractivity contribution in [3.8, 4) is 0 Å². The molecule has 0 atom stereocenters. The fourth-order valence-corrected chi connectivity index (χ4v) is 3.02. The van der Waals surface area contributed by atoms with Crippen molar-refractivity contribution in [1.29, 1.82) is 0 Å². The molecule has 0 aliphatic carbocycles. The van der Waals surface area contributed by atoms with Gasteiger partial charge in [0.05, 0.1) is 4.90 Å². The standard InChI is InChI=1S/C13H22N4O2S/c14-11-8-12(10-13(9-11)20(15,18)19)16-4-3-7-17-5-1-2-6-17/h8-10,16H,1-7,14H2,(H2,15,18,19). The molecule has 112 valence electrons. The maximum absolute atomic E-state index is 11.3. The summed E-state index contributed by atoms with van der Waals surface area (Å²) in [6.45, 7) is 4.23. The van der Waals surface area contributed by atoms with Gasteiger partial charge in [0.2, 0.25) is 10.0 Å². The van der Waals surface area contributed by atoms with E-state index in [9.17, 15) is 8.42 Å². The number of nitrogens with zero attached hydrogens (tertiary/aromatic N) is 1. The summed E-state index contributed by atoms with van der Waals surface area (Å²) in [4.78, 5) is 2.48. The fraction of sp³-hybridized carbons (Fsp3) is 0.538. The molecule has 1 aromatic carbocycles. The second-order valence-electron chi connectivity index (χ2n) is 5.16. The number of benzene rings is 1. The number of anilines is 2. The zero-order valence-corrected chi connectivity index (χ0v) is 12.3. The summed E-state index contributed by atoms with van der Waals surface area (Å²) in [6.07, 6.45) is 3.60. The van der Waals surface area contributed by atoms with Crippen LogP contribution in [0.2, 0.25) is 0 Å². The second kappa shape index (κ2) is 6.43. The second-order valence-corrected chi connectivity index (χ2v) is 6.73. The summed E-state index contributed by atoms with van der Waals surface area (Å²) in [7, 11) is -3.72. The first-order valence-corrected chi connectivity index (χ1v) is 8.39. The SMILES string of the molecule is Nc1cc(NCCCN2CCCC2)cc(S(N)(=O)=O)c1. The average Bonchev–Trinajstić information content (AvgIpc) is 2.86. The molecule has 0 radical (unpaired) electrons. The number of nitrogens with one attached hydrogen (secondary N) is 1. The molecule has 0 unspecified atom stereocenters. The van der Waals surface area contributed by atoms with Crippen LogP contribution < -0.4 is 16.2 Å². The number of nitrogen functional groups attached to an aromatic ring is 1. The number of hydrogen-bond acceptors (Lipinski definition) is 5. The highest BCUT2D eigenvalue weighted by molar-refractivity contribution is 7.89. The normalized spacial score (nSPS) is 16.4. The number of hydrogen-bond donors (Lipinski definition) is 3. The smallest absolute Gasteiger partial charge is 0.238 e. The van der Waals surface area contributed by atoms with E-state index in [4.69, 9.17) is 10.9 Å². The Morgan fingerprint density at radius 2 is 1.90 bits per heavy atom. The minimum Gasteiger partial charge on any atom is -0.399 e. The van der Waals surface area contributed by atoms with E-state index in [0.29, 0.717) is 11.4 Å². The molecule has 0 spiro atoms. The Kier molecular flexibility index (Phi) is 4.85. The molecule has 7 heteroatoms. The van der Waals surface area contributed by atoms with E-state index in [1.807, 2.05) is 0 Å². The quantitative estimate of drug-likeness (QED) is 0.533. The minimum absolute atomic E-state index is 0.0412. The van der Waals surface area contributed by atoms with Crippen molar-refractivity contribution in [2.24, 2.45) is 5.14 Å². The summed E-state index contributed by atoms with van der Waals surface area (Å²) in [5.74, 6) is 0. The lowest BCUT2D eigenvalue weighted by Crippen LogP contribution is -2.22. The molecule has 0 amide bonds. The Labute approximate surface area is 120 Å². The van der Waals surface area contributed by atoms with Gasteiger partial charge in [0.25, 0.3) is 0 Å². The van der Waals surface area contributed by atoms with Gasteiger partial charge in [-0.2, -0.15) is 0 Å². The van der Waals surface area contributed by atoms with Crippen molar-refractivity contribution in [1.82, 2.24) is 4.90 Å². The van der Waals surface area contributed by atoms with E-state index in [1.54, 1.807) is 6.07 Å². The van der Waals surface area contributed by atoms with Gasteiger partial charge in [-0.1, -0.05) is 0 Å². The van der Waals surface area contributed by atoms with E-state index in [0.717, 1.165) is 19.5 Å². The maximum atomic E-state index is 11.3. The zero-order chi connectivity index (χ0) is 14.6. The molecule has 0 aromatic heterocycles. The van der Waals surface area contributed by atoms with Crippen LogP contribution in [-0.4, -0.2) is 39.5 Å². The van der Waals surface area contributed by atoms with Crippen LogP contribution >= 0.6 is 0 Å². The average molecular weight is 298 g/mol. The minimum atomic E-state index is -3.72. The summed E-state index contributed by atoms with van der Waals surface area (Å²) in [5.41, 5.74) is 6.77. The highest BCUT2D eigenvalue weighted by Gasteiger charge is 2.11. The lowest BCUT2D eigenvalue weighted by Gasteiger charge is -2.15. The number of sulfonamides is 1. The summed E-state index contributed by atoms with van der Waals surface area (Å²) >= 11 is 0. The predicted molar refractivity (Wildman–Crippen MR) is 81.0 cm³/mol. The van der Waals surface area contributed by atoms with E-state index < -0.39 is 10.0 Å². The number of rotatable bonds is 6. The van der Waals surface area contributed by atoms with Gasteiger partial charge in [0.15, 0.2) is 0 Å². The van der Waals surface area contributed by atoms with Crippen LogP contribution in [0, 0.1) is 0 Å². The Bertz CT molecular complexity index is 553. The van der Waals surface area contributed by atoms with Crippen molar-refractivity contribution in [3.63, 3.8) is 0 Å². The maximum Gasteiger partial charge on any atom is 0.238 e. The van der Waals surface area contributed by atoms with Crippen molar-refractivity contribution < 1.29 is 8.42 Å². The van der Waals surface area contributed by atoms with Crippen molar-refractivity contribution in [3.05, 3.63) is 18.2 Å². The lowest BCUT2D eigenvalue weighted by molar-refractivity contribution is 0.337. The largest absolute Gasteiger partial charge is 0.399 e. The van der Waals surface area contributed by atoms with E-state index >= 15 is 0 Å². The van der Waals surface area contributed by atoms with Gasteiger partial charge in [-0.05, 0) is 57.1 Å². The fourth-order valence-electron chi connectivity index (χ4n) is 2.43. The van der Waals surface area contributed by atoms with Crippen LogP contribution in [0.25, 0.3) is 0 Å². The third kappa shape index (κ3) is 4.36. The molecule has 0 bridgehead atoms. The molecule has 20 heavy (non-hydrogen) atoms. The van der Waals surface area contributed by atoms with Crippen molar-refractivity contribution in [2.45, 2.75) is 24.2 Å². The predicted octanol–water partition coefficient (Wildman–Crippen LogP) is 0.814. The monoisotopic (exact) mass is 298 g/mol. The van der Waals surface area contributed by atoms with Crippen LogP contribution in [0.4, 0.5) is 11.4 Å². The molecule has 5 N–H and O–H groups in total. The van der Waals surface area contributed by atoms with Gasteiger partial charge < -0.3 is 16.0 Å². The van der Waals surface area contributed by atoms with Crippen LogP contribution in [0.5, 0.6) is 0 Å². The Balaban J connectivity index is 1.87. The van der Waals surface area contributed by atoms with Crippen LogP contribution in [0.15, 0.2) is 23.1 Å². The molecule has 1 saturated heterocycles. The molecule has 1 aromatic rings. The summed E-state index contributed by atoms with van der Waals surface area (Å²) in [6, 6.07) is 4.59. The van der Waals surface area contributed by atoms with Gasteiger partial charge >= 0.3 is 0 Å². The van der Waals surface area contributed by atoms with Crippen molar-refractivity contribution >= 4 is 21.4 Å². The third-order valence-corrected chi connectivity index (χ3v) is 4.33. The lowest BCUT2D eigenvalue weighted by atomic mass is 10.2. The van der Waals surface area contributed by atoms with Gasteiger partial charge in [0.1, 0.15) is 0 Å². The highest BCUT2D eigenvalue weighted by Crippen LogP contribution is 2.19. The topological polar surface area (TPSA) is 101 Å². The Morgan fingerprint density at radius 1 is 1.20 bits per heavy atom. The van der Waals surface area contributed by atoms with E-state index in [1.165, 1.54) is 38.1 Å². The van der Waals surface area contributed by atoms with Gasteiger partial charge in [-0.25, -0.2) is 13.6 Å². The Hall–Kier alpha value is -1.31. The third-order valence-electron chi connectivity index (χ3n) is 3.44. The Morgan fingerprint density at radius 3 is 2.55 bits per heavy atom. The number of primary sulfonamides is 1. The number of likely N-dealkylation sites (tertiary alicyclic amines) is 1. The first-order chi connectivity index (χ1) is 9.45. The summed E-state index contributed by atoms with van der Waals surface area (Å²) < 4.78 is 22.7. The molecule has 1 aliphatic rings. The molecular weight excluding hydrogens is 276 g/mol. The first kappa shape index (κ1) is 15.1. The van der Waals surface area contributed by atoms with Gasteiger partial charge in [-0.15, -0.1) is 0 Å². The first-order valence-electron chi connectivity index (χ1n) is 6.85. The zero-order valence-electron chi connectivity index (χ0n) is 11.5. The molecule has 0 saturated carbocycles. The van der Waals surface area contributed by atoms with Gasteiger partial charge in [0, 0.05) is 17.9 Å². The molecule has 1 aliphatic heterocycles. The van der Waals surface area contributed by atoms with Crippen LogP contribution in [-0.2, 0) is 10.0 Å². The van der Waals surface area contributed by atoms with Crippen molar-refractivity contribution in [2.75, 3.05) is 37.2 Å². The molecule has 6 nitrogen and oxygen atoms in total. The van der Waals surface area contributed by atoms with E-state index in [2.05, 4.69) is 10.2 Å². The molecule has 1 fully saturated rings. The van der Waals surface area contributed by atoms with Crippen LogP contribution in [0.3, 0.4) is 0 Å². The van der Waals surface area contributed by atoms with Gasteiger partial charge in [-0.3, -0.25) is 0 Å². The van der Waals surface area contributed by atoms with Crippen LogP contribution in [0.1, 0.15) is 19.3 Å². The van der Waals surface area contributed by atoms with E-state index in [-0.39, 0.29) is 4.90 Å². The number of nitrogens with two attached hydrogens (primary N) is 2. The highest BCUT2D eigenvalue weighted by atomic mass is 32.2.